The molecule has 3 aromatic rings. The van der Waals surface area contributed by atoms with E-state index in [9.17, 15) is 24.8 Å². The van der Waals surface area contributed by atoms with E-state index in [2.05, 4.69) is 4.98 Å². The molecule has 0 fully saturated rings. The number of nitro groups is 1. The highest BCUT2D eigenvalue weighted by molar-refractivity contribution is 6.14. The quantitative estimate of drug-likeness (QED) is 0.295. The number of carbonyl (C=O) groups excluding carboxylic acids is 2. The highest BCUT2D eigenvalue weighted by Crippen LogP contribution is 2.38. The van der Waals surface area contributed by atoms with Crippen molar-refractivity contribution in [2.75, 3.05) is 6.54 Å². The van der Waals surface area contributed by atoms with Crippen LogP contribution in [-0.4, -0.2) is 42.7 Å². The maximum absolute atomic E-state index is 13.1. The molecule has 1 amide bonds. The van der Waals surface area contributed by atoms with Crippen molar-refractivity contribution < 1.29 is 19.6 Å². The Bertz CT molecular complexity index is 1250. The molecule has 0 spiro atoms. The van der Waals surface area contributed by atoms with Crippen molar-refractivity contribution >= 4 is 23.5 Å². The molecule has 9 heteroatoms. The van der Waals surface area contributed by atoms with E-state index in [0.29, 0.717) is 18.5 Å². The van der Waals surface area contributed by atoms with Crippen molar-refractivity contribution in [2.45, 2.75) is 19.0 Å². The molecule has 1 N–H and O–H groups in total. The standard InChI is InChI=1S/C25H22N4O5/c30-21(12-7-18-5-2-1-3-6-18)22-23(19-8-10-20(11-9-19)29(33)34)28(25(32)24(22)31)15-4-14-27-16-13-26-17-27/h1-3,5-13,16-17,23,31H,4,14-15H2. The summed E-state index contributed by atoms with van der Waals surface area (Å²) in [4.78, 5) is 42.1. The number of hydrogen-bond donors (Lipinski definition) is 1. The molecule has 1 aliphatic rings. The predicted molar refractivity (Wildman–Crippen MR) is 125 cm³/mol. The van der Waals surface area contributed by atoms with Crippen LogP contribution in [0, 0.1) is 10.1 Å². The van der Waals surface area contributed by atoms with E-state index in [-0.39, 0.29) is 17.8 Å². The Kier molecular flexibility index (Phi) is 6.63. The minimum Gasteiger partial charge on any atom is -0.503 e. The number of benzene rings is 2. The van der Waals surface area contributed by atoms with Gasteiger partial charge in [-0.15, -0.1) is 0 Å². The van der Waals surface area contributed by atoms with Crippen LogP contribution in [0.5, 0.6) is 0 Å². The zero-order valence-electron chi connectivity index (χ0n) is 18.2. The van der Waals surface area contributed by atoms with E-state index < -0.39 is 28.4 Å². The smallest absolute Gasteiger partial charge is 0.290 e. The lowest BCUT2D eigenvalue weighted by Crippen LogP contribution is -2.32. The number of aryl methyl sites for hydroxylation is 1. The summed E-state index contributed by atoms with van der Waals surface area (Å²) in [5.74, 6) is -1.76. The molecule has 1 aliphatic heterocycles. The fourth-order valence-electron chi connectivity index (χ4n) is 3.93. The van der Waals surface area contributed by atoms with Gasteiger partial charge < -0.3 is 14.6 Å². The predicted octanol–water partition coefficient (Wildman–Crippen LogP) is 3.86. The number of imidazole rings is 1. The zero-order valence-corrected chi connectivity index (χ0v) is 18.2. The number of carbonyl (C=O) groups is 2. The van der Waals surface area contributed by atoms with Gasteiger partial charge >= 0.3 is 0 Å². The monoisotopic (exact) mass is 458 g/mol. The number of nitro benzene ring substituents is 1. The molecule has 1 aromatic heterocycles. The van der Waals surface area contributed by atoms with Crippen LogP contribution in [0.1, 0.15) is 23.6 Å². The number of ketones is 1. The summed E-state index contributed by atoms with van der Waals surface area (Å²) in [5, 5.41) is 21.7. The average molecular weight is 458 g/mol. The number of hydrogen-bond acceptors (Lipinski definition) is 6. The van der Waals surface area contributed by atoms with E-state index in [0.717, 1.165) is 5.56 Å². The molecule has 2 aromatic carbocycles. The normalized spacial score (nSPS) is 15.9. The minimum atomic E-state index is -0.857. The van der Waals surface area contributed by atoms with Crippen LogP contribution in [0.25, 0.3) is 6.08 Å². The van der Waals surface area contributed by atoms with Gasteiger partial charge in [0.05, 0.1) is 22.9 Å². The number of allylic oxidation sites excluding steroid dienone is 1. The lowest BCUT2D eigenvalue weighted by molar-refractivity contribution is -0.384. The maximum Gasteiger partial charge on any atom is 0.290 e. The van der Waals surface area contributed by atoms with Gasteiger partial charge in [0.2, 0.25) is 0 Å². The van der Waals surface area contributed by atoms with Gasteiger partial charge in [-0.25, -0.2) is 4.98 Å². The first kappa shape index (κ1) is 22.7. The topological polar surface area (TPSA) is 119 Å². The van der Waals surface area contributed by atoms with Crippen LogP contribution in [0.4, 0.5) is 5.69 Å². The maximum atomic E-state index is 13.1. The van der Waals surface area contributed by atoms with Gasteiger partial charge in [0.25, 0.3) is 11.6 Å². The first-order valence-corrected chi connectivity index (χ1v) is 10.7. The second-order valence-corrected chi connectivity index (χ2v) is 7.77. The fraction of sp³-hybridized carbons (Fsp3) is 0.160. The van der Waals surface area contributed by atoms with Gasteiger partial charge in [0.15, 0.2) is 11.5 Å². The molecular formula is C25H22N4O5. The van der Waals surface area contributed by atoms with Crippen LogP contribution in [-0.2, 0) is 16.1 Å². The zero-order chi connectivity index (χ0) is 24.1. The summed E-state index contributed by atoms with van der Waals surface area (Å²) >= 11 is 0. The fourth-order valence-corrected chi connectivity index (χ4v) is 3.93. The summed E-state index contributed by atoms with van der Waals surface area (Å²) in [6.45, 7) is 0.858. The van der Waals surface area contributed by atoms with E-state index in [1.54, 1.807) is 24.8 Å². The summed E-state index contributed by atoms with van der Waals surface area (Å²) in [6.07, 6.45) is 8.62. The van der Waals surface area contributed by atoms with E-state index in [1.165, 1.54) is 35.2 Å². The number of aliphatic hydroxyl groups excluding tert-OH is 1. The van der Waals surface area contributed by atoms with Gasteiger partial charge in [0, 0.05) is 37.6 Å². The molecule has 1 unspecified atom stereocenters. The number of aliphatic hydroxyl groups is 1. The molecule has 0 saturated carbocycles. The summed E-state index contributed by atoms with van der Waals surface area (Å²) in [7, 11) is 0. The highest BCUT2D eigenvalue weighted by Gasteiger charge is 2.42. The molecule has 0 aliphatic carbocycles. The number of non-ortho nitro benzene ring substituents is 1. The average Bonchev–Trinajstić information content (AvgIpc) is 3.45. The van der Waals surface area contributed by atoms with Crippen molar-refractivity contribution in [2.24, 2.45) is 0 Å². The molecule has 172 valence electrons. The van der Waals surface area contributed by atoms with E-state index in [1.807, 2.05) is 34.9 Å². The first-order chi connectivity index (χ1) is 16.5. The molecule has 34 heavy (non-hydrogen) atoms. The van der Waals surface area contributed by atoms with Gasteiger partial charge in [-0.2, -0.15) is 0 Å². The lowest BCUT2D eigenvalue weighted by Gasteiger charge is -2.26. The third-order valence-electron chi connectivity index (χ3n) is 5.59. The first-order valence-electron chi connectivity index (χ1n) is 10.7. The van der Waals surface area contributed by atoms with Gasteiger partial charge in [-0.3, -0.25) is 19.7 Å². The van der Waals surface area contributed by atoms with Crippen molar-refractivity contribution in [3.8, 4) is 0 Å². The number of amides is 1. The Balaban J connectivity index is 1.63. The molecule has 4 rings (SSSR count). The highest BCUT2D eigenvalue weighted by atomic mass is 16.6. The Morgan fingerprint density at radius 2 is 1.85 bits per heavy atom. The number of nitrogens with zero attached hydrogens (tertiary/aromatic N) is 4. The van der Waals surface area contributed by atoms with Crippen LogP contribution in [0.3, 0.4) is 0 Å². The molecule has 0 bridgehead atoms. The molecule has 9 nitrogen and oxygen atoms in total. The Labute approximate surface area is 195 Å². The summed E-state index contributed by atoms with van der Waals surface area (Å²) < 4.78 is 1.86. The number of rotatable bonds is 9. The second-order valence-electron chi connectivity index (χ2n) is 7.77. The Morgan fingerprint density at radius 3 is 2.50 bits per heavy atom. The van der Waals surface area contributed by atoms with Gasteiger partial charge in [-0.1, -0.05) is 36.4 Å². The minimum absolute atomic E-state index is 0.0475. The molecule has 2 heterocycles. The summed E-state index contributed by atoms with van der Waals surface area (Å²) in [6, 6.07) is 14.0. The van der Waals surface area contributed by atoms with E-state index >= 15 is 0 Å². The van der Waals surface area contributed by atoms with Gasteiger partial charge in [0.1, 0.15) is 0 Å². The third-order valence-corrected chi connectivity index (χ3v) is 5.59. The van der Waals surface area contributed by atoms with Crippen LogP contribution in [0.15, 0.2) is 90.7 Å². The van der Waals surface area contributed by atoms with Crippen molar-refractivity contribution in [3.05, 3.63) is 112 Å². The van der Waals surface area contributed by atoms with Crippen LogP contribution >= 0.6 is 0 Å². The molecule has 0 saturated heterocycles. The van der Waals surface area contributed by atoms with Crippen LogP contribution < -0.4 is 0 Å². The Hall–Kier alpha value is -4.53. The summed E-state index contributed by atoms with van der Waals surface area (Å²) in [5.41, 5.74) is 1.14. The molecule has 1 atom stereocenters. The van der Waals surface area contributed by atoms with Crippen LogP contribution in [0.2, 0.25) is 0 Å². The van der Waals surface area contributed by atoms with Crippen molar-refractivity contribution in [3.63, 3.8) is 0 Å². The van der Waals surface area contributed by atoms with Crippen molar-refractivity contribution in [1.29, 1.82) is 0 Å². The Morgan fingerprint density at radius 1 is 1.12 bits per heavy atom. The number of aromatic nitrogens is 2. The van der Waals surface area contributed by atoms with Crippen molar-refractivity contribution in [1.82, 2.24) is 14.5 Å². The largest absolute Gasteiger partial charge is 0.503 e. The lowest BCUT2D eigenvalue weighted by atomic mass is 9.95. The molecule has 0 radical (unpaired) electrons. The SMILES string of the molecule is O=C(C=Cc1ccccc1)C1=C(O)C(=O)N(CCCn2ccnc2)C1c1ccc([N+](=O)[O-])cc1. The second kappa shape index (κ2) is 9.95. The molecular weight excluding hydrogens is 436 g/mol. The van der Waals surface area contributed by atoms with E-state index in [4.69, 9.17) is 0 Å². The van der Waals surface area contributed by atoms with Gasteiger partial charge in [-0.05, 0) is 35.8 Å². The third kappa shape index (κ3) is 4.78.